The van der Waals surface area contributed by atoms with Gasteiger partial charge < -0.3 is 5.32 Å². The van der Waals surface area contributed by atoms with E-state index in [4.69, 9.17) is 0 Å². The summed E-state index contributed by atoms with van der Waals surface area (Å²) in [5.74, 6) is -0.463. The highest BCUT2D eigenvalue weighted by Crippen LogP contribution is 2.26. The Labute approximate surface area is 112 Å². The van der Waals surface area contributed by atoms with Gasteiger partial charge in [0.25, 0.3) is 5.91 Å². The van der Waals surface area contributed by atoms with Gasteiger partial charge in [0.05, 0.1) is 17.1 Å². The molecule has 4 nitrogen and oxygen atoms in total. The number of hydrogen-bond acceptors (Lipinski definition) is 3. The van der Waals surface area contributed by atoms with Crippen LogP contribution in [0.4, 0.5) is 4.39 Å². The first-order valence-corrected chi connectivity index (χ1v) is 6.49. The summed E-state index contributed by atoms with van der Waals surface area (Å²) in [6.07, 6.45) is 1.63. The highest BCUT2D eigenvalue weighted by molar-refractivity contribution is 7.20. The Hall–Kier alpha value is -2.21. The average molecular weight is 275 g/mol. The van der Waals surface area contributed by atoms with Crippen molar-refractivity contribution >= 4 is 27.3 Å². The number of rotatable bonds is 3. The number of fused-ring (bicyclic) bond motifs is 1. The number of benzene rings is 1. The maximum Gasteiger partial charge on any atom is 0.261 e. The fourth-order valence-corrected chi connectivity index (χ4v) is 2.77. The first-order chi connectivity index (χ1) is 9.22. The van der Waals surface area contributed by atoms with E-state index in [1.807, 2.05) is 0 Å². The molecule has 0 aliphatic carbocycles. The molecule has 2 N–H and O–H groups in total. The standard InChI is InChI=1S/C13H10FN3OS/c14-9-2-1-8-5-12(19-11(8)6-9)13(18)15-7-10-3-4-16-17-10/h1-6H,7H2,(H,15,18)(H,16,17). The minimum atomic E-state index is -0.293. The van der Waals surface area contributed by atoms with Gasteiger partial charge in [-0.25, -0.2) is 4.39 Å². The summed E-state index contributed by atoms with van der Waals surface area (Å²) in [5, 5.41) is 10.2. The van der Waals surface area contributed by atoms with Crippen molar-refractivity contribution in [3.8, 4) is 0 Å². The summed E-state index contributed by atoms with van der Waals surface area (Å²) >= 11 is 1.28. The number of aromatic nitrogens is 2. The van der Waals surface area contributed by atoms with E-state index < -0.39 is 0 Å². The Balaban J connectivity index is 1.77. The number of carbonyl (C=O) groups is 1. The molecule has 0 atom stereocenters. The molecular weight excluding hydrogens is 265 g/mol. The molecule has 0 fully saturated rings. The van der Waals surface area contributed by atoms with Gasteiger partial charge in [0.1, 0.15) is 5.82 Å². The predicted octanol–water partition coefficient (Wildman–Crippen LogP) is 2.69. The van der Waals surface area contributed by atoms with Crippen LogP contribution in [0, 0.1) is 5.82 Å². The fraction of sp³-hybridized carbons (Fsp3) is 0.0769. The van der Waals surface area contributed by atoms with E-state index >= 15 is 0 Å². The first-order valence-electron chi connectivity index (χ1n) is 5.68. The van der Waals surface area contributed by atoms with Gasteiger partial charge in [0, 0.05) is 10.9 Å². The minimum absolute atomic E-state index is 0.170. The summed E-state index contributed by atoms with van der Waals surface area (Å²) in [4.78, 5) is 12.5. The van der Waals surface area contributed by atoms with Crippen molar-refractivity contribution in [3.05, 3.63) is 52.9 Å². The van der Waals surface area contributed by atoms with Crippen molar-refractivity contribution in [2.24, 2.45) is 0 Å². The van der Waals surface area contributed by atoms with Gasteiger partial charge in [-0.1, -0.05) is 6.07 Å². The summed E-state index contributed by atoms with van der Waals surface area (Å²) in [6, 6.07) is 8.06. The van der Waals surface area contributed by atoms with Gasteiger partial charge in [0.2, 0.25) is 0 Å². The number of nitrogens with one attached hydrogen (secondary N) is 2. The number of aromatic amines is 1. The average Bonchev–Trinajstić information content (AvgIpc) is 3.04. The Kier molecular flexibility index (Phi) is 3.00. The van der Waals surface area contributed by atoms with Gasteiger partial charge in [-0.3, -0.25) is 9.89 Å². The van der Waals surface area contributed by atoms with E-state index in [2.05, 4.69) is 15.5 Å². The normalized spacial score (nSPS) is 10.8. The van der Waals surface area contributed by atoms with Crippen LogP contribution in [0.2, 0.25) is 0 Å². The number of H-pyrrole nitrogens is 1. The molecule has 2 aromatic heterocycles. The molecule has 0 aliphatic rings. The molecule has 3 aromatic rings. The number of hydrogen-bond donors (Lipinski definition) is 2. The van der Waals surface area contributed by atoms with Crippen LogP contribution in [0.1, 0.15) is 15.4 Å². The molecule has 0 saturated carbocycles. The number of carbonyl (C=O) groups excluding carboxylic acids is 1. The Morgan fingerprint density at radius 3 is 3.05 bits per heavy atom. The van der Waals surface area contributed by atoms with Crippen LogP contribution in [0.15, 0.2) is 36.5 Å². The topological polar surface area (TPSA) is 57.8 Å². The van der Waals surface area contributed by atoms with Crippen molar-refractivity contribution in [1.82, 2.24) is 15.5 Å². The largest absolute Gasteiger partial charge is 0.346 e. The van der Waals surface area contributed by atoms with Gasteiger partial charge in [-0.15, -0.1) is 11.3 Å². The second kappa shape index (κ2) is 4.81. The lowest BCUT2D eigenvalue weighted by Gasteiger charge is -2.00. The molecule has 0 unspecified atom stereocenters. The summed E-state index contributed by atoms with van der Waals surface area (Å²) in [7, 11) is 0. The second-order valence-electron chi connectivity index (χ2n) is 4.06. The Morgan fingerprint density at radius 2 is 2.26 bits per heavy atom. The number of nitrogens with zero attached hydrogens (tertiary/aromatic N) is 1. The Morgan fingerprint density at radius 1 is 1.37 bits per heavy atom. The van der Waals surface area contributed by atoms with Crippen molar-refractivity contribution in [2.45, 2.75) is 6.54 Å². The highest BCUT2D eigenvalue weighted by atomic mass is 32.1. The highest BCUT2D eigenvalue weighted by Gasteiger charge is 2.10. The number of halogens is 1. The molecule has 96 valence electrons. The van der Waals surface area contributed by atoms with E-state index in [1.54, 1.807) is 24.4 Å². The molecule has 0 aliphatic heterocycles. The van der Waals surface area contributed by atoms with Crippen LogP contribution in [0.3, 0.4) is 0 Å². The van der Waals surface area contributed by atoms with E-state index in [0.717, 1.165) is 15.8 Å². The monoisotopic (exact) mass is 275 g/mol. The first kappa shape index (κ1) is 11.9. The third-order valence-electron chi connectivity index (χ3n) is 2.70. The molecule has 2 heterocycles. The van der Waals surface area contributed by atoms with Crippen molar-refractivity contribution in [2.75, 3.05) is 0 Å². The zero-order chi connectivity index (χ0) is 13.2. The third kappa shape index (κ3) is 2.48. The summed E-state index contributed by atoms with van der Waals surface area (Å²) < 4.78 is 13.8. The molecule has 0 spiro atoms. The zero-order valence-electron chi connectivity index (χ0n) is 9.81. The second-order valence-corrected chi connectivity index (χ2v) is 5.14. The molecule has 0 bridgehead atoms. The van der Waals surface area contributed by atoms with Gasteiger partial charge >= 0.3 is 0 Å². The van der Waals surface area contributed by atoms with Crippen molar-refractivity contribution < 1.29 is 9.18 Å². The molecule has 1 aromatic carbocycles. The molecule has 0 radical (unpaired) electrons. The molecule has 3 rings (SSSR count). The fourth-order valence-electron chi connectivity index (χ4n) is 1.76. The molecule has 0 saturated heterocycles. The van der Waals surface area contributed by atoms with E-state index in [-0.39, 0.29) is 11.7 Å². The SMILES string of the molecule is O=C(NCc1ccn[nH]1)c1cc2ccc(F)cc2s1. The van der Waals surface area contributed by atoms with Crippen molar-refractivity contribution in [3.63, 3.8) is 0 Å². The van der Waals surface area contributed by atoms with Crippen molar-refractivity contribution in [1.29, 1.82) is 0 Å². The van der Waals surface area contributed by atoms with Crippen LogP contribution in [0.25, 0.3) is 10.1 Å². The molecular formula is C13H10FN3OS. The van der Waals surface area contributed by atoms with Gasteiger partial charge in [-0.05, 0) is 29.7 Å². The van der Waals surface area contributed by atoms with Crippen LogP contribution < -0.4 is 5.32 Å². The summed E-state index contributed by atoms with van der Waals surface area (Å²) in [6.45, 7) is 0.390. The van der Waals surface area contributed by atoms with Crippen LogP contribution >= 0.6 is 11.3 Å². The maximum absolute atomic E-state index is 13.1. The lowest BCUT2D eigenvalue weighted by atomic mass is 10.2. The number of thiophene rings is 1. The summed E-state index contributed by atoms with van der Waals surface area (Å²) in [5.41, 5.74) is 0.834. The lowest BCUT2D eigenvalue weighted by Crippen LogP contribution is -2.21. The predicted molar refractivity (Wildman–Crippen MR) is 71.5 cm³/mol. The molecule has 1 amide bonds. The van der Waals surface area contributed by atoms with E-state index in [0.29, 0.717) is 11.4 Å². The van der Waals surface area contributed by atoms with E-state index in [9.17, 15) is 9.18 Å². The van der Waals surface area contributed by atoms with Crippen LogP contribution in [-0.4, -0.2) is 16.1 Å². The molecule has 6 heteroatoms. The lowest BCUT2D eigenvalue weighted by molar-refractivity contribution is 0.0954. The molecule has 19 heavy (non-hydrogen) atoms. The van der Waals surface area contributed by atoms with Crippen LogP contribution in [-0.2, 0) is 6.54 Å². The smallest absolute Gasteiger partial charge is 0.261 e. The quantitative estimate of drug-likeness (QED) is 0.772. The Bertz CT molecular complexity index is 721. The van der Waals surface area contributed by atoms with E-state index in [1.165, 1.54) is 23.5 Å². The maximum atomic E-state index is 13.1. The van der Waals surface area contributed by atoms with Gasteiger partial charge in [0.15, 0.2) is 0 Å². The minimum Gasteiger partial charge on any atom is -0.346 e. The van der Waals surface area contributed by atoms with Gasteiger partial charge in [-0.2, -0.15) is 5.10 Å². The van der Waals surface area contributed by atoms with Crippen LogP contribution in [0.5, 0.6) is 0 Å². The third-order valence-corrected chi connectivity index (χ3v) is 3.80. The number of amides is 1. The zero-order valence-corrected chi connectivity index (χ0v) is 10.6.